The highest BCUT2D eigenvalue weighted by molar-refractivity contribution is 7.22. The zero-order chi connectivity index (χ0) is 34.7. The van der Waals surface area contributed by atoms with E-state index in [9.17, 15) is 19.5 Å². The molecule has 0 radical (unpaired) electrons. The van der Waals surface area contributed by atoms with E-state index < -0.39 is 46.8 Å². The summed E-state index contributed by atoms with van der Waals surface area (Å²) in [5.41, 5.74) is 1.53. The van der Waals surface area contributed by atoms with Gasteiger partial charge >= 0.3 is 0 Å². The number of benzene rings is 2. The van der Waals surface area contributed by atoms with Gasteiger partial charge in [0.2, 0.25) is 23.6 Å². The topological polar surface area (TPSA) is 140 Å². The van der Waals surface area contributed by atoms with Gasteiger partial charge in [0.25, 0.3) is 0 Å². The SMILES string of the molecule is COc1cc(O)cc(OC)c1[C@H]1C2=CC[C@@H]3C(=O)NC(=O)[C@@H]3[C@@H]2C[C@H]2C(=O)N(c3cc(-c4sc5ccc(Cl)cc5c4C)nn3C)C(=O)[C@@]12C. The van der Waals surface area contributed by atoms with E-state index in [1.54, 1.807) is 36.1 Å². The second-order valence-corrected chi connectivity index (χ2v) is 15.0. The molecule has 0 bridgehead atoms. The van der Waals surface area contributed by atoms with Crippen molar-refractivity contribution in [2.75, 3.05) is 19.1 Å². The highest BCUT2D eigenvalue weighted by Gasteiger charge is 2.68. The molecule has 13 heteroatoms. The molecule has 49 heavy (non-hydrogen) atoms. The van der Waals surface area contributed by atoms with Crippen LogP contribution in [0.2, 0.25) is 5.02 Å². The second-order valence-electron chi connectivity index (χ2n) is 13.5. The number of fused-ring (bicyclic) bond motifs is 5. The Labute approximate surface area is 290 Å². The van der Waals surface area contributed by atoms with Crippen molar-refractivity contribution in [1.29, 1.82) is 0 Å². The number of phenols is 1. The number of methoxy groups -OCH3 is 2. The van der Waals surface area contributed by atoms with Gasteiger partial charge in [-0.2, -0.15) is 5.10 Å². The van der Waals surface area contributed by atoms with Gasteiger partial charge in [0, 0.05) is 46.5 Å². The van der Waals surface area contributed by atoms with E-state index in [0.717, 1.165) is 26.1 Å². The van der Waals surface area contributed by atoms with Crippen LogP contribution in [0.1, 0.15) is 36.8 Å². The lowest BCUT2D eigenvalue weighted by atomic mass is 9.51. The van der Waals surface area contributed by atoms with Gasteiger partial charge in [-0.3, -0.25) is 29.2 Å². The molecular formula is C36H33ClN4O7S. The number of imide groups is 2. The third-order valence-corrected chi connectivity index (χ3v) is 12.7. The number of nitrogens with one attached hydrogen (secondary N) is 1. The largest absolute Gasteiger partial charge is 0.508 e. The number of aromatic nitrogens is 2. The molecule has 0 unspecified atom stereocenters. The molecule has 252 valence electrons. The Morgan fingerprint density at radius 2 is 1.76 bits per heavy atom. The van der Waals surface area contributed by atoms with Gasteiger partial charge in [0.15, 0.2) is 0 Å². The number of hydrogen-bond donors (Lipinski definition) is 2. The number of nitrogens with zero attached hydrogens (tertiary/aromatic N) is 3. The Morgan fingerprint density at radius 1 is 1.04 bits per heavy atom. The predicted octanol–water partition coefficient (Wildman–Crippen LogP) is 5.50. The first kappa shape index (κ1) is 31.6. The Morgan fingerprint density at radius 3 is 2.45 bits per heavy atom. The van der Waals surface area contributed by atoms with E-state index in [-0.39, 0.29) is 35.5 Å². The minimum atomic E-state index is -1.35. The summed E-state index contributed by atoms with van der Waals surface area (Å²) < 4.78 is 14.1. The fourth-order valence-electron chi connectivity index (χ4n) is 8.88. The number of halogens is 1. The van der Waals surface area contributed by atoms with Crippen LogP contribution in [0.25, 0.3) is 20.7 Å². The number of anilines is 1. The summed E-state index contributed by atoms with van der Waals surface area (Å²) in [5.74, 6) is -4.13. The van der Waals surface area contributed by atoms with Crippen LogP contribution in [0.4, 0.5) is 5.82 Å². The van der Waals surface area contributed by atoms with Gasteiger partial charge in [-0.05, 0) is 61.8 Å². The van der Waals surface area contributed by atoms with Crippen molar-refractivity contribution in [3.8, 4) is 27.8 Å². The Bertz CT molecular complexity index is 2160. The van der Waals surface area contributed by atoms with E-state index in [1.165, 1.54) is 31.3 Å². The molecule has 4 aromatic rings. The van der Waals surface area contributed by atoms with Crippen molar-refractivity contribution < 1.29 is 33.8 Å². The van der Waals surface area contributed by atoms with Crippen LogP contribution in [-0.2, 0) is 26.2 Å². The monoisotopic (exact) mass is 700 g/mol. The molecule has 2 aliphatic heterocycles. The third kappa shape index (κ3) is 4.29. The summed E-state index contributed by atoms with van der Waals surface area (Å²) in [5, 5.41) is 19.4. The minimum Gasteiger partial charge on any atom is -0.508 e. The van der Waals surface area contributed by atoms with Gasteiger partial charge < -0.3 is 14.6 Å². The molecule has 0 spiro atoms. The number of carbonyl (C=O) groups is 4. The van der Waals surface area contributed by atoms with Crippen LogP contribution in [0, 0.1) is 36.0 Å². The van der Waals surface area contributed by atoms with Crippen molar-refractivity contribution >= 4 is 62.5 Å². The number of aromatic hydroxyl groups is 1. The van der Waals surface area contributed by atoms with Crippen LogP contribution < -0.4 is 19.7 Å². The van der Waals surface area contributed by atoms with Crippen LogP contribution in [0.15, 0.2) is 48.0 Å². The number of carbonyl (C=O) groups excluding carboxylic acids is 4. The van der Waals surface area contributed by atoms with Crippen LogP contribution in [0.3, 0.4) is 0 Å². The molecule has 2 aromatic heterocycles. The summed E-state index contributed by atoms with van der Waals surface area (Å²) in [4.78, 5) is 58.0. The van der Waals surface area contributed by atoms with E-state index in [2.05, 4.69) is 5.32 Å². The number of phenolic OH excluding ortho intramolecular Hbond substituents is 1. The zero-order valence-electron chi connectivity index (χ0n) is 27.4. The van der Waals surface area contributed by atoms with Crippen molar-refractivity contribution in [3.63, 3.8) is 0 Å². The molecule has 2 aromatic carbocycles. The smallest absolute Gasteiger partial charge is 0.242 e. The number of ether oxygens (including phenoxy) is 2. The predicted molar refractivity (Wildman–Crippen MR) is 183 cm³/mol. The van der Waals surface area contributed by atoms with E-state index in [4.69, 9.17) is 26.2 Å². The molecule has 6 atom stereocenters. The zero-order valence-corrected chi connectivity index (χ0v) is 28.9. The minimum absolute atomic E-state index is 0.0957. The lowest BCUT2D eigenvalue weighted by molar-refractivity contribution is -0.131. The molecule has 4 amide bonds. The molecule has 11 nitrogen and oxygen atoms in total. The number of aryl methyl sites for hydroxylation is 2. The maximum Gasteiger partial charge on any atom is 0.242 e. The summed E-state index contributed by atoms with van der Waals surface area (Å²) in [6.45, 7) is 3.78. The lowest BCUT2D eigenvalue weighted by Crippen LogP contribution is -2.49. The Kier molecular flexibility index (Phi) is 7.03. The second kappa shape index (κ2) is 10.9. The van der Waals surface area contributed by atoms with Crippen molar-refractivity contribution in [2.24, 2.45) is 36.1 Å². The maximum absolute atomic E-state index is 15.0. The molecule has 4 heterocycles. The van der Waals surface area contributed by atoms with Crippen LogP contribution in [0.5, 0.6) is 17.2 Å². The normalized spacial score (nSPS) is 27.6. The first-order chi connectivity index (χ1) is 23.4. The standard InChI is InChI=1S/C36H33ClN4O7S/c1-15-20-10-16(37)6-9-26(20)49-31(15)23-14-27(40(3)39-23)41-34(45)22-13-21-18(7-8-19-28(21)33(44)38-32(19)43)30(36(22,2)35(41)46)29-24(47-4)11-17(42)12-25(29)48-5/h6-7,9-12,14,19,21-22,28,30,42H,8,13H2,1-5H3,(H,38,43,44)/t19-,21+,22-,28-,30+,36+/m0/s1. The maximum atomic E-state index is 15.0. The Balaban J connectivity index is 1.30. The highest BCUT2D eigenvalue weighted by atomic mass is 35.5. The lowest BCUT2D eigenvalue weighted by Gasteiger charge is -2.49. The average Bonchev–Trinajstić information content (AvgIpc) is 3.75. The third-order valence-electron chi connectivity index (χ3n) is 11.1. The first-order valence-corrected chi connectivity index (χ1v) is 17.2. The first-order valence-electron chi connectivity index (χ1n) is 16.0. The van der Waals surface area contributed by atoms with Crippen molar-refractivity contribution in [3.05, 3.63) is 64.2 Å². The summed E-state index contributed by atoms with van der Waals surface area (Å²) in [6, 6.07) is 10.4. The summed E-state index contributed by atoms with van der Waals surface area (Å²) in [6.07, 6.45) is 2.46. The fraction of sp³-hybridized carbons (Fsp3) is 0.361. The molecule has 2 saturated heterocycles. The Hall–Kier alpha value is -4.68. The van der Waals surface area contributed by atoms with Gasteiger partial charge in [-0.25, -0.2) is 4.90 Å². The molecule has 4 aliphatic rings. The number of hydrogen-bond acceptors (Lipinski definition) is 9. The average molecular weight is 701 g/mol. The summed E-state index contributed by atoms with van der Waals surface area (Å²) >= 11 is 7.85. The molecule has 8 rings (SSSR count). The van der Waals surface area contributed by atoms with Crippen molar-refractivity contribution in [1.82, 2.24) is 15.1 Å². The van der Waals surface area contributed by atoms with Gasteiger partial charge in [0.05, 0.1) is 42.3 Å². The fourth-order valence-corrected chi connectivity index (χ4v) is 10.2. The van der Waals surface area contributed by atoms with E-state index in [0.29, 0.717) is 28.5 Å². The van der Waals surface area contributed by atoms with Gasteiger partial charge in [-0.15, -0.1) is 11.3 Å². The molecular weight excluding hydrogens is 668 g/mol. The summed E-state index contributed by atoms with van der Waals surface area (Å²) in [7, 11) is 4.62. The number of amides is 4. The van der Waals surface area contributed by atoms with Crippen LogP contribution >= 0.6 is 22.9 Å². The van der Waals surface area contributed by atoms with Gasteiger partial charge in [-0.1, -0.05) is 23.3 Å². The number of thiophene rings is 1. The van der Waals surface area contributed by atoms with E-state index >= 15 is 4.79 Å². The molecule has 2 aliphatic carbocycles. The van der Waals surface area contributed by atoms with E-state index in [1.807, 2.05) is 31.2 Å². The molecule has 2 N–H and O–H groups in total. The van der Waals surface area contributed by atoms with Gasteiger partial charge in [0.1, 0.15) is 28.8 Å². The highest BCUT2D eigenvalue weighted by Crippen LogP contribution is 2.65. The molecule has 3 fully saturated rings. The van der Waals surface area contributed by atoms with Crippen molar-refractivity contribution in [2.45, 2.75) is 32.6 Å². The molecule has 1 saturated carbocycles. The number of rotatable bonds is 5. The number of allylic oxidation sites excluding steroid dienone is 2. The quantitative estimate of drug-likeness (QED) is 0.205. The van der Waals surface area contributed by atoms with Crippen LogP contribution in [-0.4, -0.2) is 52.7 Å².